The van der Waals surface area contributed by atoms with Gasteiger partial charge in [0, 0.05) is 17.5 Å². The number of nitrogens with zero attached hydrogens (tertiary/aromatic N) is 1. The molecule has 2 heterocycles. The Kier molecular flexibility index (Phi) is 3.63. The van der Waals surface area contributed by atoms with Crippen LogP contribution in [0.25, 0.3) is 0 Å². The van der Waals surface area contributed by atoms with Crippen molar-refractivity contribution in [3.8, 4) is 0 Å². The van der Waals surface area contributed by atoms with E-state index in [9.17, 15) is 9.90 Å². The van der Waals surface area contributed by atoms with Crippen LogP contribution in [0.3, 0.4) is 0 Å². The zero-order valence-corrected chi connectivity index (χ0v) is 13.1. The van der Waals surface area contributed by atoms with E-state index in [-0.39, 0.29) is 5.41 Å². The third-order valence-corrected chi connectivity index (χ3v) is 6.08. The van der Waals surface area contributed by atoms with Gasteiger partial charge in [0.15, 0.2) is 0 Å². The van der Waals surface area contributed by atoms with E-state index in [2.05, 4.69) is 18.7 Å². The van der Waals surface area contributed by atoms with Crippen molar-refractivity contribution < 1.29 is 9.90 Å². The maximum atomic E-state index is 11.8. The van der Waals surface area contributed by atoms with Gasteiger partial charge in [0.25, 0.3) is 0 Å². The molecule has 3 rings (SSSR count). The van der Waals surface area contributed by atoms with Crippen LogP contribution in [0.2, 0.25) is 0 Å². The van der Waals surface area contributed by atoms with Crippen LogP contribution in [0.1, 0.15) is 56.0 Å². The molecule has 0 aromatic carbocycles. The molecule has 1 aromatic heterocycles. The highest BCUT2D eigenvalue weighted by molar-refractivity contribution is 7.10. The summed E-state index contributed by atoms with van der Waals surface area (Å²) in [6.45, 7) is 5.50. The fraction of sp³-hybridized carbons (Fsp3) is 0.688. The quantitative estimate of drug-likeness (QED) is 0.904. The number of carboxylic acids is 1. The summed E-state index contributed by atoms with van der Waals surface area (Å²) in [4.78, 5) is 15.4. The normalized spacial score (nSPS) is 29.9. The zero-order valence-electron chi connectivity index (χ0n) is 12.3. The summed E-state index contributed by atoms with van der Waals surface area (Å²) in [5.41, 5.74) is 1.26. The predicted molar refractivity (Wildman–Crippen MR) is 81.1 cm³/mol. The molecule has 1 aliphatic carbocycles. The Morgan fingerprint density at radius 2 is 2.25 bits per heavy atom. The van der Waals surface area contributed by atoms with Gasteiger partial charge < -0.3 is 5.11 Å². The molecule has 1 aliphatic heterocycles. The average Bonchev–Trinajstić information content (AvgIpc) is 2.85. The van der Waals surface area contributed by atoms with Crippen LogP contribution in [0.15, 0.2) is 11.4 Å². The summed E-state index contributed by atoms with van der Waals surface area (Å²) >= 11 is 1.71. The summed E-state index contributed by atoms with van der Waals surface area (Å²) in [5.74, 6) is -0.689. The van der Waals surface area contributed by atoms with E-state index < -0.39 is 12.0 Å². The van der Waals surface area contributed by atoms with Crippen LogP contribution in [0.5, 0.6) is 0 Å². The molecule has 1 fully saturated rings. The lowest BCUT2D eigenvalue weighted by molar-refractivity contribution is -0.147. The molecule has 0 saturated heterocycles. The minimum atomic E-state index is -0.689. The summed E-state index contributed by atoms with van der Waals surface area (Å²) in [6, 6.07) is 1.97. The van der Waals surface area contributed by atoms with Gasteiger partial charge in [-0.1, -0.05) is 26.7 Å². The number of carboxylic acid groups (broad SMARTS) is 1. The molecule has 2 unspecified atom stereocenters. The van der Waals surface area contributed by atoms with Crippen molar-refractivity contribution in [1.29, 1.82) is 0 Å². The number of hydrogen-bond acceptors (Lipinski definition) is 3. The van der Waals surface area contributed by atoms with Crippen LogP contribution < -0.4 is 0 Å². The van der Waals surface area contributed by atoms with Crippen molar-refractivity contribution in [2.45, 2.75) is 58.0 Å². The van der Waals surface area contributed by atoms with Gasteiger partial charge in [0.2, 0.25) is 0 Å². The fourth-order valence-electron chi connectivity index (χ4n) is 4.04. The lowest BCUT2D eigenvalue weighted by Gasteiger charge is -2.48. The highest BCUT2D eigenvalue weighted by Gasteiger charge is 2.43. The molecule has 1 aromatic rings. The Morgan fingerprint density at radius 1 is 1.45 bits per heavy atom. The second-order valence-corrected chi connectivity index (χ2v) is 7.78. The van der Waals surface area contributed by atoms with Crippen LogP contribution >= 0.6 is 11.3 Å². The van der Waals surface area contributed by atoms with Crippen LogP contribution in [-0.2, 0) is 11.2 Å². The van der Waals surface area contributed by atoms with Crippen molar-refractivity contribution in [3.63, 3.8) is 0 Å². The molecular formula is C16H23NO2S. The topological polar surface area (TPSA) is 40.5 Å². The minimum absolute atomic E-state index is 0.222. The molecule has 2 atom stereocenters. The maximum absolute atomic E-state index is 11.8. The van der Waals surface area contributed by atoms with Crippen molar-refractivity contribution in [2.75, 3.05) is 6.54 Å². The van der Waals surface area contributed by atoms with Gasteiger partial charge in [-0.3, -0.25) is 9.69 Å². The van der Waals surface area contributed by atoms with E-state index in [4.69, 9.17) is 0 Å². The summed E-state index contributed by atoms with van der Waals surface area (Å²) in [6.07, 6.45) is 5.85. The number of aliphatic carboxylic acids is 1. The predicted octanol–water partition coefficient (Wildman–Crippen LogP) is 3.70. The smallest absolute Gasteiger partial charge is 0.325 e. The molecule has 1 N–H and O–H groups in total. The van der Waals surface area contributed by atoms with E-state index in [1.54, 1.807) is 11.3 Å². The van der Waals surface area contributed by atoms with Crippen molar-refractivity contribution >= 4 is 17.3 Å². The van der Waals surface area contributed by atoms with Gasteiger partial charge in [0.1, 0.15) is 6.04 Å². The maximum Gasteiger partial charge on any atom is 0.325 e. The second-order valence-electron chi connectivity index (χ2n) is 6.78. The van der Waals surface area contributed by atoms with Crippen LogP contribution in [0, 0.1) is 5.41 Å². The number of rotatable bonds is 2. The van der Waals surface area contributed by atoms with Crippen molar-refractivity contribution in [2.24, 2.45) is 5.41 Å². The summed E-state index contributed by atoms with van der Waals surface area (Å²) in [7, 11) is 0. The Balaban J connectivity index is 1.95. The van der Waals surface area contributed by atoms with Gasteiger partial charge in [-0.05, 0) is 41.7 Å². The van der Waals surface area contributed by atoms with E-state index in [1.165, 1.54) is 24.1 Å². The first-order valence-electron chi connectivity index (χ1n) is 7.55. The van der Waals surface area contributed by atoms with E-state index in [0.717, 1.165) is 24.9 Å². The van der Waals surface area contributed by atoms with Crippen LogP contribution in [0.4, 0.5) is 0 Å². The largest absolute Gasteiger partial charge is 0.480 e. The molecule has 4 heteroatoms. The molecule has 20 heavy (non-hydrogen) atoms. The molecular weight excluding hydrogens is 270 g/mol. The molecule has 1 saturated carbocycles. The molecule has 0 radical (unpaired) electrons. The summed E-state index contributed by atoms with van der Waals surface area (Å²) in [5, 5.41) is 11.8. The average molecular weight is 293 g/mol. The molecule has 2 aliphatic rings. The second kappa shape index (κ2) is 5.15. The van der Waals surface area contributed by atoms with Crippen molar-refractivity contribution in [1.82, 2.24) is 4.90 Å². The molecule has 0 spiro atoms. The lowest BCUT2D eigenvalue weighted by atomic mass is 9.71. The van der Waals surface area contributed by atoms with Gasteiger partial charge >= 0.3 is 5.97 Å². The molecule has 3 nitrogen and oxygen atoms in total. The third-order valence-electron chi connectivity index (χ3n) is 5.09. The van der Waals surface area contributed by atoms with Gasteiger partial charge in [-0.2, -0.15) is 0 Å². The number of thiophene rings is 1. The fourth-order valence-corrected chi connectivity index (χ4v) is 4.94. The monoisotopic (exact) mass is 293 g/mol. The van der Waals surface area contributed by atoms with Crippen molar-refractivity contribution in [3.05, 3.63) is 21.9 Å². The van der Waals surface area contributed by atoms with E-state index in [1.807, 2.05) is 11.4 Å². The number of carbonyl (C=O) groups is 1. The third kappa shape index (κ3) is 2.29. The Bertz CT molecular complexity index is 508. The standard InChI is InChI=1S/C16H23NO2S/c1-16(2)8-4-3-5-13(16)17-9-6-12-11(7-10-20-12)14(17)15(18)19/h7,10,13-14H,3-6,8-9H2,1-2H3,(H,18,19). The molecule has 0 amide bonds. The first-order valence-corrected chi connectivity index (χ1v) is 8.43. The Morgan fingerprint density at radius 3 is 2.95 bits per heavy atom. The van der Waals surface area contributed by atoms with Gasteiger partial charge in [-0.15, -0.1) is 11.3 Å². The van der Waals surface area contributed by atoms with Gasteiger partial charge in [-0.25, -0.2) is 0 Å². The number of hydrogen-bond donors (Lipinski definition) is 1. The number of fused-ring (bicyclic) bond motifs is 1. The first-order chi connectivity index (χ1) is 9.50. The lowest BCUT2D eigenvalue weighted by Crippen LogP contribution is -2.52. The molecule has 0 bridgehead atoms. The van der Waals surface area contributed by atoms with E-state index in [0.29, 0.717) is 6.04 Å². The highest BCUT2D eigenvalue weighted by atomic mass is 32.1. The minimum Gasteiger partial charge on any atom is -0.480 e. The van der Waals surface area contributed by atoms with Gasteiger partial charge in [0.05, 0.1) is 0 Å². The Hall–Kier alpha value is -0.870. The van der Waals surface area contributed by atoms with Crippen LogP contribution in [-0.4, -0.2) is 28.6 Å². The summed E-state index contributed by atoms with van der Waals surface area (Å²) < 4.78 is 0. The highest BCUT2D eigenvalue weighted by Crippen LogP contribution is 2.44. The Labute approximate surface area is 124 Å². The first kappa shape index (κ1) is 14.1. The zero-order chi connectivity index (χ0) is 14.3. The van der Waals surface area contributed by atoms with E-state index >= 15 is 0 Å². The SMILES string of the molecule is CC1(C)CCCCC1N1CCc2sccc2C1C(=O)O. The molecule has 110 valence electrons.